The van der Waals surface area contributed by atoms with Gasteiger partial charge in [-0.1, -0.05) is 0 Å². The monoisotopic (exact) mass is 422 g/mol. The van der Waals surface area contributed by atoms with Crippen LogP contribution in [0.25, 0.3) is 11.2 Å². The van der Waals surface area contributed by atoms with Gasteiger partial charge in [0.2, 0.25) is 5.91 Å². The van der Waals surface area contributed by atoms with Crippen LogP contribution >= 0.6 is 0 Å². The van der Waals surface area contributed by atoms with E-state index in [-0.39, 0.29) is 17.6 Å². The zero-order chi connectivity index (χ0) is 21.5. The number of piperidine rings is 1. The second-order valence-electron chi connectivity index (χ2n) is 9.09. The fourth-order valence-electron chi connectivity index (χ4n) is 4.83. The lowest BCUT2D eigenvalue weighted by Crippen LogP contribution is -2.43. The zero-order valence-corrected chi connectivity index (χ0v) is 18.3. The molecule has 1 saturated carbocycles. The zero-order valence-electron chi connectivity index (χ0n) is 18.3. The molecule has 0 radical (unpaired) electrons. The molecule has 4 heterocycles. The summed E-state index contributed by atoms with van der Waals surface area (Å²) in [5.41, 5.74) is 3.71. The summed E-state index contributed by atoms with van der Waals surface area (Å²) in [5.74, 6) is 0.732. The van der Waals surface area contributed by atoms with E-state index in [9.17, 15) is 9.59 Å². The highest BCUT2D eigenvalue weighted by Crippen LogP contribution is 2.32. The van der Waals surface area contributed by atoms with Crippen LogP contribution in [-0.4, -0.2) is 47.8 Å². The van der Waals surface area contributed by atoms with Crippen LogP contribution in [0.1, 0.15) is 49.5 Å². The van der Waals surface area contributed by atoms with Gasteiger partial charge in [0.25, 0.3) is 0 Å². The summed E-state index contributed by atoms with van der Waals surface area (Å²) >= 11 is 0. The van der Waals surface area contributed by atoms with Gasteiger partial charge in [0, 0.05) is 44.5 Å². The molecule has 1 aliphatic carbocycles. The quantitative estimate of drug-likeness (QED) is 0.612. The van der Waals surface area contributed by atoms with Gasteiger partial charge in [-0.05, 0) is 63.6 Å². The second-order valence-corrected chi connectivity index (χ2v) is 9.09. The van der Waals surface area contributed by atoms with Crippen LogP contribution in [0.2, 0.25) is 0 Å². The molecule has 0 aromatic carbocycles. The van der Waals surface area contributed by atoms with Gasteiger partial charge in [0.05, 0.1) is 17.3 Å². The molecule has 8 nitrogen and oxygen atoms in total. The van der Waals surface area contributed by atoms with Crippen LogP contribution in [0.4, 0.5) is 0 Å². The SMILES string of the molecule is Cc1cc(C)n(CCC(=O)N2CCC[C@H](n3c(=O)n(CC4CC4)c4cccnc43)C2)n1. The molecule has 0 bridgehead atoms. The highest BCUT2D eigenvalue weighted by Gasteiger charge is 2.30. The van der Waals surface area contributed by atoms with Gasteiger partial charge < -0.3 is 4.90 Å². The minimum absolute atomic E-state index is 0.0162. The molecule has 164 valence electrons. The number of carbonyl (C=O) groups is 1. The molecule has 31 heavy (non-hydrogen) atoms. The molecular formula is C23H30N6O2. The van der Waals surface area contributed by atoms with Gasteiger partial charge in [-0.25, -0.2) is 9.78 Å². The molecule has 0 N–H and O–H groups in total. The van der Waals surface area contributed by atoms with Gasteiger partial charge in [-0.3, -0.25) is 18.6 Å². The van der Waals surface area contributed by atoms with Crippen LogP contribution in [0.5, 0.6) is 0 Å². The van der Waals surface area contributed by atoms with E-state index in [2.05, 4.69) is 10.1 Å². The number of aromatic nitrogens is 5. The average Bonchev–Trinajstić information content (AvgIpc) is 3.47. The average molecular weight is 423 g/mol. The first-order valence-corrected chi connectivity index (χ1v) is 11.4. The van der Waals surface area contributed by atoms with E-state index in [4.69, 9.17) is 0 Å². The summed E-state index contributed by atoms with van der Waals surface area (Å²) in [6.07, 6.45) is 6.34. The number of aryl methyl sites for hydroxylation is 3. The highest BCUT2D eigenvalue weighted by atomic mass is 16.2. The number of hydrogen-bond donors (Lipinski definition) is 0. The fourth-order valence-corrected chi connectivity index (χ4v) is 4.83. The maximum Gasteiger partial charge on any atom is 0.330 e. The summed E-state index contributed by atoms with van der Waals surface area (Å²) in [7, 11) is 0. The molecule has 1 atom stereocenters. The van der Waals surface area contributed by atoms with Crippen LogP contribution in [0, 0.1) is 19.8 Å². The lowest BCUT2D eigenvalue weighted by molar-refractivity contribution is -0.133. The summed E-state index contributed by atoms with van der Waals surface area (Å²) in [4.78, 5) is 32.8. The second kappa shape index (κ2) is 7.98. The number of nitrogens with zero attached hydrogens (tertiary/aromatic N) is 6. The summed E-state index contributed by atoms with van der Waals surface area (Å²) in [6.45, 7) is 6.64. The Morgan fingerprint density at radius 2 is 2.06 bits per heavy atom. The Bertz CT molecular complexity index is 1170. The van der Waals surface area contributed by atoms with Crippen molar-refractivity contribution in [2.45, 2.75) is 65.1 Å². The van der Waals surface area contributed by atoms with Crippen molar-refractivity contribution in [1.29, 1.82) is 0 Å². The molecule has 0 unspecified atom stereocenters. The van der Waals surface area contributed by atoms with Crippen LogP contribution in [0.3, 0.4) is 0 Å². The van der Waals surface area contributed by atoms with Gasteiger partial charge in [-0.2, -0.15) is 5.10 Å². The van der Waals surface area contributed by atoms with Crippen molar-refractivity contribution in [3.05, 3.63) is 46.3 Å². The maximum absolute atomic E-state index is 13.3. The minimum Gasteiger partial charge on any atom is -0.341 e. The predicted molar refractivity (Wildman–Crippen MR) is 118 cm³/mol. The molecule has 1 amide bonds. The fraction of sp³-hybridized carbons (Fsp3) is 0.565. The number of pyridine rings is 1. The number of likely N-dealkylation sites (tertiary alicyclic amines) is 1. The van der Waals surface area contributed by atoms with Crippen LogP contribution in [-0.2, 0) is 17.9 Å². The third-order valence-electron chi connectivity index (χ3n) is 6.61. The Balaban J connectivity index is 1.35. The number of fused-ring (bicyclic) bond motifs is 1. The van der Waals surface area contributed by atoms with E-state index in [0.717, 1.165) is 48.5 Å². The van der Waals surface area contributed by atoms with Crippen molar-refractivity contribution in [2.24, 2.45) is 5.92 Å². The lowest BCUT2D eigenvalue weighted by Gasteiger charge is -2.33. The summed E-state index contributed by atoms with van der Waals surface area (Å²) < 4.78 is 5.64. The van der Waals surface area contributed by atoms with Crippen LogP contribution in [0.15, 0.2) is 29.2 Å². The Labute approximate surface area is 181 Å². The molecule has 1 saturated heterocycles. The molecule has 8 heteroatoms. The molecule has 1 aliphatic heterocycles. The molecule has 2 fully saturated rings. The maximum atomic E-state index is 13.3. The topological polar surface area (TPSA) is 78.0 Å². The summed E-state index contributed by atoms with van der Waals surface area (Å²) in [5, 5.41) is 4.46. The third kappa shape index (κ3) is 3.91. The van der Waals surface area contributed by atoms with Crippen molar-refractivity contribution >= 4 is 17.1 Å². The van der Waals surface area contributed by atoms with Gasteiger partial charge in [0.1, 0.15) is 0 Å². The highest BCUT2D eigenvalue weighted by molar-refractivity contribution is 5.76. The Hall–Kier alpha value is -2.90. The van der Waals surface area contributed by atoms with E-state index < -0.39 is 0 Å². The largest absolute Gasteiger partial charge is 0.341 e. The standard InChI is InChI=1S/C23H30N6O2/c1-16-13-17(2)28(25-16)12-9-21(30)26-11-4-5-19(15-26)29-22-20(6-3-10-24-22)27(23(29)31)14-18-7-8-18/h3,6,10,13,18-19H,4-5,7-9,11-12,14-15H2,1-2H3/t19-/m0/s1. The van der Waals surface area contributed by atoms with Crippen molar-refractivity contribution in [1.82, 2.24) is 28.8 Å². The first-order valence-electron chi connectivity index (χ1n) is 11.4. The van der Waals surface area contributed by atoms with E-state index in [1.807, 2.05) is 50.8 Å². The smallest absolute Gasteiger partial charge is 0.330 e. The Morgan fingerprint density at radius 3 is 2.81 bits per heavy atom. The van der Waals surface area contributed by atoms with Crippen molar-refractivity contribution in [3.63, 3.8) is 0 Å². The van der Waals surface area contributed by atoms with E-state index >= 15 is 0 Å². The van der Waals surface area contributed by atoms with Crippen molar-refractivity contribution in [2.75, 3.05) is 13.1 Å². The number of carbonyl (C=O) groups excluding carboxylic acids is 1. The first-order chi connectivity index (χ1) is 15.0. The number of hydrogen-bond acceptors (Lipinski definition) is 4. The first kappa shape index (κ1) is 20.0. The van der Waals surface area contributed by atoms with E-state index in [1.54, 1.807) is 6.20 Å². The van der Waals surface area contributed by atoms with Crippen molar-refractivity contribution in [3.8, 4) is 0 Å². The van der Waals surface area contributed by atoms with Gasteiger partial charge in [-0.15, -0.1) is 0 Å². The molecule has 0 spiro atoms. The lowest BCUT2D eigenvalue weighted by atomic mass is 10.0. The predicted octanol–water partition coefficient (Wildman–Crippen LogP) is 2.68. The molecular weight excluding hydrogens is 392 g/mol. The normalized spacial score (nSPS) is 19.3. The minimum atomic E-state index is -0.0308. The van der Waals surface area contributed by atoms with Crippen molar-refractivity contribution < 1.29 is 4.79 Å². The number of amides is 1. The summed E-state index contributed by atoms with van der Waals surface area (Å²) in [6, 6.07) is 5.88. The molecule has 3 aromatic rings. The molecule has 3 aromatic heterocycles. The number of imidazole rings is 1. The van der Waals surface area contributed by atoms with E-state index in [1.165, 1.54) is 12.8 Å². The van der Waals surface area contributed by atoms with Gasteiger partial charge in [0.15, 0.2) is 5.65 Å². The van der Waals surface area contributed by atoms with E-state index in [0.29, 0.717) is 25.4 Å². The number of rotatable bonds is 6. The Kier molecular flexibility index (Phi) is 5.16. The Morgan fingerprint density at radius 1 is 1.23 bits per heavy atom. The third-order valence-corrected chi connectivity index (χ3v) is 6.61. The molecule has 5 rings (SSSR count). The van der Waals surface area contributed by atoms with Crippen LogP contribution < -0.4 is 5.69 Å². The molecule has 2 aliphatic rings. The van der Waals surface area contributed by atoms with Gasteiger partial charge >= 0.3 is 5.69 Å².